The van der Waals surface area contributed by atoms with Crippen LogP contribution in [0.25, 0.3) is 44.0 Å². The molecule has 0 spiro atoms. The predicted octanol–water partition coefficient (Wildman–Crippen LogP) is 12.9. The molecule has 3 amide bonds. The highest BCUT2D eigenvalue weighted by atomic mass is 16.5. The van der Waals surface area contributed by atoms with Crippen LogP contribution in [-0.2, 0) is 19.1 Å². The largest absolute Gasteiger partial charge is 0.495 e. The smallest absolute Gasteiger partial charge is 0.225 e. The van der Waals surface area contributed by atoms with Crippen LogP contribution in [0.5, 0.6) is 17.2 Å². The summed E-state index contributed by atoms with van der Waals surface area (Å²) in [5.41, 5.74) is 9.02. The van der Waals surface area contributed by atoms with Gasteiger partial charge in [0.2, 0.25) is 17.7 Å². The van der Waals surface area contributed by atoms with Gasteiger partial charge in [0.15, 0.2) is 0 Å². The summed E-state index contributed by atoms with van der Waals surface area (Å²) in [6, 6.07) is 53.2. The fourth-order valence-electron chi connectivity index (χ4n) is 17.9. The minimum Gasteiger partial charge on any atom is -0.495 e. The molecule has 4 aromatic heterocycles. The highest BCUT2D eigenvalue weighted by Gasteiger charge is 2.35. The van der Waals surface area contributed by atoms with Gasteiger partial charge in [-0.1, -0.05) is 91.7 Å². The Hall–Kier alpha value is -10.2. The molecule has 6 aromatic carbocycles. The second-order valence-electron chi connectivity index (χ2n) is 31.1. The van der Waals surface area contributed by atoms with Crippen molar-refractivity contribution in [3.05, 3.63) is 194 Å². The van der Waals surface area contributed by atoms with Crippen molar-refractivity contribution in [2.75, 3.05) is 181 Å². The maximum absolute atomic E-state index is 13.3. The lowest BCUT2D eigenvalue weighted by Crippen LogP contribution is -2.46. The summed E-state index contributed by atoms with van der Waals surface area (Å²) in [4.78, 5) is 68.0. The molecule has 114 heavy (non-hydrogen) atoms. The normalized spacial score (nSPS) is 18.3. The number of fused-ring (bicyclic) bond motifs is 3. The van der Waals surface area contributed by atoms with Gasteiger partial charge in [-0.3, -0.25) is 34.2 Å². The Morgan fingerprint density at radius 2 is 0.930 bits per heavy atom. The van der Waals surface area contributed by atoms with Crippen molar-refractivity contribution in [1.29, 1.82) is 0 Å². The van der Waals surface area contributed by atoms with Gasteiger partial charge in [0.1, 0.15) is 28.6 Å². The Bertz CT molecular complexity index is 4720. The highest BCUT2D eigenvalue weighted by molar-refractivity contribution is 5.98. The average molecular weight is 1550 g/mol. The van der Waals surface area contributed by atoms with Gasteiger partial charge in [0.25, 0.3) is 0 Å². The first-order chi connectivity index (χ1) is 56.1. The summed E-state index contributed by atoms with van der Waals surface area (Å²) in [5.74, 6) is 4.07. The number of nitrogens with zero attached hydrogens (tertiary/aromatic N) is 14. The molecular weight excluding hydrogens is 1430 g/mol. The quantitative estimate of drug-likeness (QED) is 0.0511. The summed E-state index contributed by atoms with van der Waals surface area (Å²) >= 11 is 0. The van der Waals surface area contributed by atoms with Gasteiger partial charge in [-0.05, 0) is 168 Å². The molecule has 0 bridgehead atoms. The van der Waals surface area contributed by atoms with E-state index in [1.807, 2.05) is 125 Å². The zero-order valence-corrected chi connectivity index (χ0v) is 67.3. The number of carbonyl (C=O) groups is 3. The molecular formula is C91H116N16O7. The molecule has 0 radical (unpaired) electrons. The lowest BCUT2D eigenvalue weighted by molar-refractivity contribution is -0.137. The van der Waals surface area contributed by atoms with Crippen LogP contribution < -0.4 is 39.5 Å². The number of piperidine rings is 1. The van der Waals surface area contributed by atoms with Crippen LogP contribution in [0.15, 0.2) is 183 Å². The number of para-hydroxylation sites is 2. The topological polar surface area (TPSA) is 200 Å². The fourth-order valence-corrected chi connectivity index (χ4v) is 17.9. The maximum atomic E-state index is 13.3. The number of hydrogen-bond acceptors (Lipinski definition) is 18. The lowest BCUT2D eigenvalue weighted by atomic mass is 9.95. The van der Waals surface area contributed by atoms with Crippen LogP contribution in [-0.4, -0.2) is 238 Å². The number of benzene rings is 6. The number of ether oxygens (including phenoxy) is 4. The van der Waals surface area contributed by atoms with Crippen molar-refractivity contribution < 1.29 is 33.3 Å². The van der Waals surface area contributed by atoms with E-state index in [2.05, 4.69) is 117 Å². The Morgan fingerprint density at radius 1 is 0.439 bits per heavy atom. The van der Waals surface area contributed by atoms with Gasteiger partial charge in [0, 0.05) is 178 Å². The van der Waals surface area contributed by atoms with Crippen LogP contribution in [0.1, 0.15) is 107 Å². The average Bonchev–Trinajstić information content (AvgIpc) is 1.24. The molecule has 3 unspecified atom stereocenters. The molecule has 5 saturated heterocycles. The molecule has 602 valence electrons. The van der Waals surface area contributed by atoms with Gasteiger partial charge in [-0.25, -0.2) is 9.36 Å². The molecule has 2 N–H and O–H groups in total. The molecule has 23 nitrogen and oxygen atoms in total. The fraction of sp³-hybridized carbons (Fsp3) is 0.462. The summed E-state index contributed by atoms with van der Waals surface area (Å²) in [7, 11) is 6.84. The van der Waals surface area contributed by atoms with Crippen molar-refractivity contribution >= 4 is 67.4 Å². The maximum Gasteiger partial charge on any atom is 0.225 e. The van der Waals surface area contributed by atoms with Crippen LogP contribution >= 0.6 is 0 Å². The zero-order valence-electron chi connectivity index (χ0n) is 67.3. The monoisotopic (exact) mass is 1540 g/mol. The number of pyridine rings is 2. The summed E-state index contributed by atoms with van der Waals surface area (Å²) in [5, 5.41) is 20.8. The molecule has 6 aliphatic rings. The van der Waals surface area contributed by atoms with Crippen molar-refractivity contribution in [2.45, 2.75) is 95.6 Å². The Kier molecular flexibility index (Phi) is 28.4. The third-order valence-corrected chi connectivity index (χ3v) is 23.8. The summed E-state index contributed by atoms with van der Waals surface area (Å²) in [6.45, 7) is 18.8. The van der Waals surface area contributed by atoms with Gasteiger partial charge in [0.05, 0.1) is 79.5 Å². The number of carbonyl (C=O) groups excluding carboxylic acids is 3. The number of rotatable bonds is 25. The van der Waals surface area contributed by atoms with Crippen LogP contribution in [0.2, 0.25) is 0 Å². The van der Waals surface area contributed by atoms with Crippen LogP contribution in [0.3, 0.4) is 0 Å². The number of likely N-dealkylation sites (tertiary alicyclic amines) is 2. The van der Waals surface area contributed by atoms with E-state index in [9.17, 15) is 14.4 Å². The Labute approximate surface area is 672 Å². The number of amides is 3. The molecule has 3 atom stereocenters. The van der Waals surface area contributed by atoms with E-state index >= 15 is 0 Å². The summed E-state index contributed by atoms with van der Waals surface area (Å²) < 4.78 is 26.2. The van der Waals surface area contributed by atoms with Crippen LogP contribution in [0.4, 0.5) is 17.1 Å². The first-order valence-corrected chi connectivity index (χ1v) is 41.7. The molecule has 9 heterocycles. The second-order valence-corrected chi connectivity index (χ2v) is 31.1. The van der Waals surface area contributed by atoms with Crippen molar-refractivity contribution in [2.24, 2.45) is 11.8 Å². The Morgan fingerprint density at radius 3 is 1.49 bits per heavy atom. The van der Waals surface area contributed by atoms with Crippen molar-refractivity contribution in [3.8, 4) is 28.6 Å². The van der Waals surface area contributed by atoms with Crippen molar-refractivity contribution in [1.82, 2.24) is 64.7 Å². The minimum absolute atomic E-state index is 0.00710. The predicted molar refractivity (Wildman–Crippen MR) is 454 cm³/mol. The SMILES string of the molecule is COCCNC(=O)CC(c1ccn(-c2ccccc2)n1)N1CCCN(c2c(OC)ccc3cccnc23)CC1.COc1ccc2ccccc2c1N1CCCN(CC2CCCN(C(=O)C3CCCC3)C2)CC1.COc1ccc2cccnc2c1N1CCCN(C(CC(=O)NCCN2CCCC2)c2ccn(-c3ccccc3)n2)CC1. The van der Waals surface area contributed by atoms with E-state index in [-0.39, 0.29) is 23.9 Å². The second kappa shape index (κ2) is 40.2. The number of hydrogen-bond donors (Lipinski definition) is 2. The van der Waals surface area contributed by atoms with E-state index in [1.165, 1.54) is 48.6 Å². The van der Waals surface area contributed by atoms with Crippen LogP contribution in [0, 0.1) is 11.8 Å². The van der Waals surface area contributed by atoms with Crippen molar-refractivity contribution in [3.63, 3.8) is 0 Å². The van der Waals surface area contributed by atoms with Gasteiger partial charge in [-0.15, -0.1) is 0 Å². The third-order valence-electron chi connectivity index (χ3n) is 23.8. The van der Waals surface area contributed by atoms with E-state index in [4.69, 9.17) is 39.1 Å². The van der Waals surface area contributed by atoms with E-state index in [0.717, 1.165) is 230 Å². The molecule has 6 fully saturated rings. The molecule has 1 aliphatic carbocycles. The first-order valence-electron chi connectivity index (χ1n) is 41.7. The summed E-state index contributed by atoms with van der Waals surface area (Å²) in [6.07, 6.45) is 21.0. The van der Waals surface area contributed by atoms with Gasteiger partial charge < -0.3 is 59.0 Å². The highest BCUT2D eigenvalue weighted by Crippen LogP contribution is 2.41. The third kappa shape index (κ3) is 20.3. The first kappa shape index (κ1) is 80.4. The molecule has 1 saturated carbocycles. The molecule has 23 heteroatoms. The minimum atomic E-state index is -0.148. The van der Waals surface area contributed by atoms with Gasteiger partial charge in [-0.2, -0.15) is 10.2 Å². The van der Waals surface area contributed by atoms with E-state index in [1.54, 1.807) is 28.4 Å². The molecule has 5 aliphatic heterocycles. The number of aromatic nitrogens is 6. The number of methoxy groups -OCH3 is 4. The van der Waals surface area contributed by atoms with E-state index < -0.39 is 0 Å². The molecule has 16 rings (SSSR count). The number of nitrogens with one attached hydrogen (secondary N) is 2. The Balaban J connectivity index is 0.000000142. The number of anilines is 3. The van der Waals surface area contributed by atoms with Gasteiger partial charge >= 0.3 is 0 Å². The zero-order chi connectivity index (χ0) is 78.4. The standard InChI is InChI=1S/C33H41N7O2.C30H36N6O3.C28H39N3O2/c1-42-30-13-12-26-9-7-15-35-32(26)33(30)39-20-8-19-38(23-24-39)29(25-31(41)34-16-22-37-17-5-6-18-37)28-14-21-40(36-28)27-10-3-2-4-11-27;1-38-21-15-31-28(37)22-26(25-13-18-36(33-25)24-9-4-3-5-10-24)34-16-7-17-35(20-19-34)30-27(39-2)12-11-23-8-6-14-32-29(23)30;1-33-26-14-13-23-9-4-5-12-25(23)27(26)30-17-7-15-29(18-19-30)20-22-8-6-16-31(21-22)28(32)24-10-2-3-11-24/h2-4,7,9-15,21,29H,5-6,8,16-20,22-25H2,1H3,(H,34,41);3-6,8-14,18,26H,7,15-17,19-22H2,1-2H3,(H,31,37);4-5,9,12-14,22,24H,2-3,6-8,10-11,15-21H2,1H3. The lowest BCUT2D eigenvalue weighted by Gasteiger charge is -2.36. The van der Waals surface area contributed by atoms with E-state index in [0.29, 0.717) is 50.3 Å². The molecule has 10 aromatic rings.